The predicted molar refractivity (Wildman–Crippen MR) is 102 cm³/mol. The monoisotopic (exact) mass is 365 g/mol. The number of aliphatic imine (C=N–C) groups is 1. The Balaban J connectivity index is 0.00000182. The molecule has 25 heavy (non-hydrogen) atoms. The summed E-state index contributed by atoms with van der Waals surface area (Å²) in [5.41, 5.74) is 0.952. The largest absolute Gasteiger partial charge is 0.337 e. The van der Waals surface area contributed by atoms with Gasteiger partial charge in [0.15, 0.2) is 11.7 Å². The second-order valence-corrected chi connectivity index (χ2v) is 7.61. The molecule has 1 N–H and O–H groups in total. The summed E-state index contributed by atoms with van der Waals surface area (Å²) >= 11 is 0. The third kappa shape index (κ3) is 2.94. The molecule has 138 valence electrons. The van der Waals surface area contributed by atoms with E-state index in [9.17, 15) is 4.79 Å². The molecule has 2 aliphatic heterocycles. The van der Waals surface area contributed by atoms with Crippen LogP contribution in [0.2, 0.25) is 0 Å². The highest BCUT2D eigenvalue weighted by Gasteiger charge is 2.43. The Morgan fingerprint density at radius 1 is 1.28 bits per heavy atom. The van der Waals surface area contributed by atoms with E-state index in [4.69, 9.17) is 9.98 Å². The van der Waals surface area contributed by atoms with Crippen LogP contribution in [0.25, 0.3) is 0 Å². The van der Waals surface area contributed by atoms with Crippen LogP contribution in [0.5, 0.6) is 0 Å². The maximum absolute atomic E-state index is 13.0. The van der Waals surface area contributed by atoms with Gasteiger partial charge in [0.2, 0.25) is 0 Å². The Morgan fingerprint density at radius 3 is 2.64 bits per heavy atom. The molecule has 0 aromatic carbocycles. The number of rotatable bonds is 4. The van der Waals surface area contributed by atoms with Gasteiger partial charge in [0, 0.05) is 12.5 Å². The van der Waals surface area contributed by atoms with Crippen LogP contribution in [0.4, 0.5) is 10.6 Å². The van der Waals surface area contributed by atoms with E-state index in [0.717, 1.165) is 29.6 Å². The molecule has 1 fully saturated rings. The molecular formula is C18H28ClN5O. The van der Waals surface area contributed by atoms with E-state index >= 15 is 0 Å². The van der Waals surface area contributed by atoms with Crippen LogP contribution in [0.3, 0.4) is 0 Å². The fourth-order valence-corrected chi connectivity index (χ4v) is 4.06. The summed E-state index contributed by atoms with van der Waals surface area (Å²) in [4.78, 5) is 29.9. The number of aromatic nitrogens is 2. The first kappa shape index (κ1) is 18.2. The summed E-state index contributed by atoms with van der Waals surface area (Å²) in [5.74, 6) is 3.58. The molecule has 0 unspecified atom stereocenters. The number of carbonyl (C=O) groups excluding carboxylic acids is 1. The number of anilines is 1. The predicted octanol–water partition coefficient (Wildman–Crippen LogP) is 3.93. The number of hydrogen-bond donors (Lipinski definition) is 1. The Hall–Kier alpha value is -1.56. The first-order valence-corrected chi connectivity index (χ1v) is 9.37. The first-order chi connectivity index (χ1) is 11.6. The summed E-state index contributed by atoms with van der Waals surface area (Å²) in [5, 5.41) is 0. The fraction of sp³-hybridized carbons (Fsp3) is 0.722. The molecule has 1 aliphatic carbocycles. The van der Waals surface area contributed by atoms with Crippen molar-refractivity contribution in [1.29, 1.82) is 0 Å². The van der Waals surface area contributed by atoms with Gasteiger partial charge in [-0.05, 0) is 25.2 Å². The molecule has 0 spiro atoms. The molecule has 2 amide bonds. The minimum absolute atomic E-state index is 0. The van der Waals surface area contributed by atoms with Crippen molar-refractivity contribution >= 4 is 30.1 Å². The van der Waals surface area contributed by atoms with Crippen LogP contribution in [-0.4, -0.2) is 45.9 Å². The lowest BCUT2D eigenvalue weighted by Crippen LogP contribution is -2.50. The summed E-state index contributed by atoms with van der Waals surface area (Å²) < 4.78 is 0. The average molecular weight is 366 g/mol. The van der Waals surface area contributed by atoms with Crippen molar-refractivity contribution < 1.29 is 4.79 Å². The number of aromatic amines is 1. The highest BCUT2D eigenvalue weighted by molar-refractivity contribution is 6.18. The zero-order valence-electron chi connectivity index (χ0n) is 15.3. The third-order valence-corrected chi connectivity index (χ3v) is 5.52. The van der Waals surface area contributed by atoms with Crippen LogP contribution in [0, 0.1) is 5.92 Å². The van der Waals surface area contributed by atoms with Crippen LogP contribution < -0.4 is 4.90 Å². The number of amidine groups is 1. The molecule has 4 rings (SSSR count). The molecule has 3 aliphatic rings. The van der Waals surface area contributed by atoms with E-state index in [1.807, 2.05) is 9.80 Å². The smallest absolute Gasteiger partial charge is 0.331 e. The normalized spacial score (nSPS) is 23.0. The van der Waals surface area contributed by atoms with E-state index < -0.39 is 0 Å². The summed E-state index contributed by atoms with van der Waals surface area (Å²) in [6, 6.07) is 0.215. The van der Waals surface area contributed by atoms with Crippen LogP contribution in [0.15, 0.2) is 4.99 Å². The molecule has 0 radical (unpaired) electrons. The number of urea groups is 1. The number of imidazole rings is 1. The van der Waals surface area contributed by atoms with Crippen molar-refractivity contribution in [1.82, 2.24) is 14.9 Å². The van der Waals surface area contributed by atoms with Crippen molar-refractivity contribution in [3.8, 4) is 0 Å². The lowest BCUT2D eigenvalue weighted by Gasteiger charge is -2.32. The fourth-order valence-electron chi connectivity index (χ4n) is 4.06. The molecule has 0 bridgehead atoms. The molecule has 6 nitrogen and oxygen atoms in total. The topological polar surface area (TPSA) is 64.6 Å². The molecule has 1 saturated carbocycles. The molecule has 0 saturated heterocycles. The van der Waals surface area contributed by atoms with Gasteiger partial charge in [-0.25, -0.2) is 9.78 Å². The molecule has 1 aromatic rings. The standard InChI is InChI=1S/C18H27N5O.ClH/c1-4-9-22-17-14(20-15(21-17)12-7-5-6-8-12)16-19-13(11(2)3)10-23(16)18(22)24;/h11-13H,4-10H2,1-3H3,(H,20,21);1H/t13-;/m1./s1. The number of carbonyl (C=O) groups is 1. The number of nitrogens with one attached hydrogen (secondary N) is 1. The van der Waals surface area contributed by atoms with Gasteiger partial charge < -0.3 is 4.98 Å². The average Bonchev–Trinajstić information content (AvgIpc) is 3.28. The number of hydrogen-bond acceptors (Lipinski definition) is 3. The van der Waals surface area contributed by atoms with Gasteiger partial charge in [-0.3, -0.25) is 14.8 Å². The van der Waals surface area contributed by atoms with E-state index in [-0.39, 0.29) is 24.5 Å². The number of H-pyrrole nitrogens is 1. The lowest BCUT2D eigenvalue weighted by atomic mass is 10.1. The third-order valence-electron chi connectivity index (χ3n) is 5.52. The minimum Gasteiger partial charge on any atom is -0.337 e. The maximum Gasteiger partial charge on any atom is 0.331 e. The molecule has 1 aromatic heterocycles. The molecule has 1 atom stereocenters. The van der Waals surface area contributed by atoms with Crippen LogP contribution in [-0.2, 0) is 0 Å². The summed E-state index contributed by atoms with van der Waals surface area (Å²) in [6.07, 6.45) is 5.86. The quantitative estimate of drug-likeness (QED) is 0.878. The van der Waals surface area contributed by atoms with Gasteiger partial charge in [0.1, 0.15) is 11.5 Å². The van der Waals surface area contributed by atoms with Crippen molar-refractivity contribution in [2.45, 2.75) is 64.8 Å². The summed E-state index contributed by atoms with van der Waals surface area (Å²) in [6.45, 7) is 7.82. The van der Waals surface area contributed by atoms with Crippen LogP contribution >= 0.6 is 12.4 Å². The Kier molecular flexibility index (Phi) is 5.09. The van der Waals surface area contributed by atoms with Gasteiger partial charge in [0.25, 0.3) is 0 Å². The van der Waals surface area contributed by atoms with Gasteiger partial charge >= 0.3 is 6.03 Å². The zero-order valence-corrected chi connectivity index (χ0v) is 16.1. The number of nitrogens with zero attached hydrogens (tertiary/aromatic N) is 4. The SMILES string of the molecule is CCCN1C(=O)N2C[C@H](C(C)C)N=C2c2[nH]c(C3CCCC3)nc21.Cl. The Morgan fingerprint density at radius 2 is 2.00 bits per heavy atom. The minimum atomic E-state index is 0. The van der Waals surface area contributed by atoms with Gasteiger partial charge in [-0.15, -0.1) is 12.4 Å². The highest BCUT2D eigenvalue weighted by Crippen LogP contribution is 2.37. The lowest BCUT2D eigenvalue weighted by molar-refractivity contribution is 0.225. The van der Waals surface area contributed by atoms with E-state index in [1.165, 1.54) is 25.7 Å². The van der Waals surface area contributed by atoms with E-state index in [1.54, 1.807) is 0 Å². The zero-order chi connectivity index (χ0) is 16.8. The van der Waals surface area contributed by atoms with Gasteiger partial charge in [-0.1, -0.05) is 33.6 Å². The van der Waals surface area contributed by atoms with Gasteiger partial charge in [0.05, 0.1) is 12.6 Å². The molecule has 3 heterocycles. The van der Waals surface area contributed by atoms with Crippen molar-refractivity contribution in [2.24, 2.45) is 10.9 Å². The second kappa shape index (κ2) is 6.98. The summed E-state index contributed by atoms with van der Waals surface area (Å²) in [7, 11) is 0. The van der Waals surface area contributed by atoms with Crippen molar-refractivity contribution in [2.75, 3.05) is 18.0 Å². The maximum atomic E-state index is 13.0. The number of fused-ring (bicyclic) bond motifs is 3. The highest BCUT2D eigenvalue weighted by atomic mass is 35.5. The Bertz CT molecular complexity index is 677. The number of halogens is 1. The van der Waals surface area contributed by atoms with Crippen molar-refractivity contribution in [3.63, 3.8) is 0 Å². The van der Waals surface area contributed by atoms with E-state index in [2.05, 4.69) is 25.8 Å². The first-order valence-electron chi connectivity index (χ1n) is 9.37. The van der Waals surface area contributed by atoms with Crippen LogP contribution in [0.1, 0.15) is 70.3 Å². The van der Waals surface area contributed by atoms with Crippen molar-refractivity contribution in [3.05, 3.63) is 11.5 Å². The number of amides is 2. The van der Waals surface area contributed by atoms with E-state index in [0.29, 0.717) is 24.9 Å². The molecular weight excluding hydrogens is 338 g/mol. The second-order valence-electron chi connectivity index (χ2n) is 7.61. The molecule has 7 heteroatoms. The Labute approximate surface area is 155 Å². The van der Waals surface area contributed by atoms with Gasteiger partial charge in [-0.2, -0.15) is 0 Å².